The lowest BCUT2D eigenvalue weighted by Gasteiger charge is -2.14. The number of aryl methyl sites for hydroxylation is 1. The molecule has 2 aromatic carbocycles. The van der Waals surface area contributed by atoms with E-state index in [-0.39, 0.29) is 5.69 Å². The second-order valence-corrected chi connectivity index (χ2v) is 6.65. The Bertz CT molecular complexity index is 932. The third-order valence-corrected chi connectivity index (χ3v) is 4.51. The van der Waals surface area contributed by atoms with Crippen molar-refractivity contribution >= 4 is 46.3 Å². The van der Waals surface area contributed by atoms with Crippen molar-refractivity contribution < 1.29 is 19.1 Å². The minimum absolute atomic E-state index is 0.286. The number of hydrogen-bond donors (Lipinski definition) is 1. The maximum absolute atomic E-state index is 12.6. The Kier molecular flexibility index (Phi) is 7.37. The van der Waals surface area contributed by atoms with Gasteiger partial charge in [0.05, 0.1) is 30.6 Å². The molecule has 0 spiro atoms. The van der Waals surface area contributed by atoms with Crippen LogP contribution in [0.1, 0.15) is 12.5 Å². The van der Waals surface area contributed by atoms with Gasteiger partial charge in [-0.05, 0) is 31.5 Å². The molecule has 0 saturated heterocycles. The minimum atomic E-state index is -1.34. The fourth-order valence-electron chi connectivity index (χ4n) is 2.25. The molecule has 0 saturated carbocycles. The zero-order valence-electron chi connectivity index (χ0n) is 15.7. The molecule has 0 fully saturated rings. The number of carbonyl (C=O) groups excluding carboxylic acids is 2. The van der Waals surface area contributed by atoms with E-state index >= 15 is 0 Å². The number of nitrogens with one attached hydrogen (secondary N) is 1. The fraction of sp³-hybridized carbons (Fsp3) is 0.263. The SMILES string of the molecule is COc1cc(NC(=O)C(N=Nc2ccc(C)c(Cl)c2)C(C)=O)c(OC)cc1Cl. The molecule has 0 heterocycles. The van der Waals surface area contributed by atoms with Crippen LogP contribution in [0, 0.1) is 6.92 Å². The minimum Gasteiger partial charge on any atom is -0.495 e. The number of ketones is 1. The molecule has 2 aromatic rings. The number of azo groups is 1. The standard InChI is InChI=1S/C19H19Cl2N3O4/c1-10-5-6-12(7-13(10)20)23-24-18(11(2)25)19(26)22-15-9-16(27-3)14(21)8-17(15)28-4/h5-9,18H,1-4H3,(H,22,26). The molecule has 0 aliphatic heterocycles. The fourth-order valence-corrected chi connectivity index (χ4v) is 2.65. The normalized spacial score (nSPS) is 11.9. The molecule has 0 aromatic heterocycles. The monoisotopic (exact) mass is 423 g/mol. The van der Waals surface area contributed by atoms with E-state index < -0.39 is 17.7 Å². The van der Waals surface area contributed by atoms with Crippen molar-refractivity contribution in [2.75, 3.05) is 19.5 Å². The number of nitrogens with zero attached hydrogens (tertiary/aromatic N) is 2. The first-order chi connectivity index (χ1) is 13.3. The van der Waals surface area contributed by atoms with Crippen LogP contribution in [0.25, 0.3) is 0 Å². The van der Waals surface area contributed by atoms with Gasteiger partial charge >= 0.3 is 0 Å². The van der Waals surface area contributed by atoms with E-state index in [1.807, 2.05) is 6.92 Å². The zero-order valence-corrected chi connectivity index (χ0v) is 17.3. The van der Waals surface area contributed by atoms with E-state index in [0.717, 1.165) is 5.56 Å². The van der Waals surface area contributed by atoms with E-state index in [0.29, 0.717) is 27.2 Å². The Morgan fingerprint density at radius 2 is 1.71 bits per heavy atom. The van der Waals surface area contributed by atoms with E-state index in [1.165, 1.54) is 33.3 Å². The van der Waals surface area contributed by atoms with E-state index in [2.05, 4.69) is 15.5 Å². The summed E-state index contributed by atoms with van der Waals surface area (Å²) in [6.07, 6.45) is 0. The van der Waals surface area contributed by atoms with Gasteiger partial charge in [-0.1, -0.05) is 29.3 Å². The molecule has 28 heavy (non-hydrogen) atoms. The van der Waals surface area contributed by atoms with Gasteiger partial charge in [0.15, 0.2) is 5.78 Å². The highest BCUT2D eigenvalue weighted by Gasteiger charge is 2.25. The Hall–Kier alpha value is -2.64. The predicted molar refractivity (Wildman–Crippen MR) is 108 cm³/mol. The average Bonchev–Trinajstić information content (AvgIpc) is 2.65. The highest BCUT2D eigenvalue weighted by atomic mass is 35.5. The summed E-state index contributed by atoms with van der Waals surface area (Å²) >= 11 is 12.1. The smallest absolute Gasteiger partial charge is 0.258 e. The first-order valence-electron chi connectivity index (χ1n) is 8.16. The number of hydrogen-bond acceptors (Lipinski definition) is 6. The lowest BCUT2D eigenvalue weighted by molar-refractivity contribution is -0.126. The topological polar surface area (TPSA) is 89.4 Å². The van der Waals surface area contributed by atoms with Crippen molar-refractivity contribution in [3.05, 3.63) is 45.9 Å². The summed E-state index contributed by atoms with van der Waals surface area (Å²) in [6, 6.07) is 6.70. The van der Waals surface area contributed by atoms with Crippen LogP contribution in [-0.2, 0) is 9.59 Å². The molecule has 0 radical (unpaired) electrons. The van der Waals surface area contributed by atoms with Gasteiger partial charge in [0, 0.05) is 17.2 Å². The van der Waals surface area contributed by atoms with E-state index in [9.17, 15) is 9.59 Å². The summed E-state index contributed by atoms with van der Waals surface area (Å²) in [6.45, 7) is 3.11. The predicted octanol–water partition coefficient (Wildman–Crippen LogP) is 5.00. The number of Topliss-reactive ketones (excluding diaryl/α,β-unsaturated/α-hetero) is 1. The van der Waals surface area contributed by atoms with Crippen molar-refractivity contribution in [1.82, 2.24) is 0 Å². The molecule has 1 unspecified atom stereocenters. The van der Waals surface area contributed by atoms with Crippen molar-refractivity contribution in [3.63, 3.8) is 0 Å². The van der Waals surface area contributed by atoms with Gasteiger partial charge in [-0.2, -0.15) is 10.2 Å². The summed E-state index contributed by atoms with van der Waals surface area (Å²) in [4.78, 5) is 24.5. The van der Waals surface area contributed by atoms with E-state index in [1.54, 1.807) is 18.2 Å². The quantitative estimate of drug-likeness (QED) is 0.501. The molecule has 2 rings (SSSR count). The Morgan fingerprint density at radius 3 is 2.29 bits per heavy atom. The van der Waals surface area contributed by atoms with Crippen LogP contribution in [0.2, 0.25) is 10.0 Å². The lowest BCUT2D eigenvalue weighted by atomic mass is 10.2. The maximum Gasteiger partial charge on any atom is 0.258 e. The van der Waals surface area contributed by atoms with Crippen molar-refractivity contribution in [2.24, 2.45) is 10.2 Å². The molecule has 1 amide bonds. The molecule has 1 atom stereocenters. The second-order valence-electron chi connectivity index (χ2n) is 5.84. The summed E-state index contributed by atoms with van der Waals surface area (Å²) in [5.74, 6) is -0.492. The van der Waals surface area contributed by atoms with Gasteiger partial charge in [0.2, 0.25) is 6.04 Å². The maximum atomic E-state index is 12.6. The van der Waals surface area contributed by atoms with Gasteiger partial charge in [0.1, 0.15) is 11.5 Å². The summed E-state index contributed by atoms with van der Waals surface area (Å²) in [5.41, 5.74) is 1.60. The number of amides is 1. The highest BCUT2D eigenvalue weighted by molar-refractivity contribution is 6.32. The first kappa shape index (κ1) is 21.7. The molecule has 1 N–H and O–H groups in total. The van der Waals surface area contributed by atoms with Crippen molar-refractivity contribution in [2.45, 2.75) is 19.9 Å². The summed E-state index contributed by atoms with van der Waals surface area (Å²) in [5, 5.41) is 11.3. The number of carbonyl (C=O) groups is 2. The Morgan fingerprint density at radius 1 is 1.04 bits per heavy atom. The van der Waals surface area contributed by atoms with Crippen LogP contribution >= 0.6 is 23.2 Å². The molecule has 0 aliphatic rings. The summed E-state index contributed by atoms with van der Waals surface area (Å²) < 4.78 is 10.4. The molecule has 0 bridgehead atoms. The first-order valence-corrected chi connectivity index (χ1v) is 8.92. The Labute approximate surface area is 172 Å². The van der Waals surface area contributed by atoms with Gasteiger partial charge < -0.3 is 14.8 Å². The number of halogens is 2. The molecule has 7 nitrogen and oxygen atoms in total. The molecule has 148 valence electrons. The van der Waals surface area contributed by atoms with Gasteiger partial charge in [0.25, 0.3) is 5.91 Å². The molecular weight excluding hydrogens is 405 g/mol. The van der Waals surface area contributed by atoms with Crippen LogP contribution in [0.5, 0.6) is 11.5 Å². The van der Waals surface area contributed by atoms with Crippen molar-refractivity contribution in [3.8, 4) is 11.5 Å². The number of methoxy groups -OCH3 is 2. The van der Waals surface area contributed by atoms with Crippen LogP contribution < -0.4 is 14.8 Å². The van der Waals surface area contributed by atoms with Crippen LogP contribution in [0.4, 0.5) is 11.4 Å². The number of rotatable bonds is 7. The van der Waals surface area contributed by atoms with E-state index in [4.69, 9.17) is 32.7 Å². The number of ether oxygens (including phenoxy) is 2. The molecule has 9 heteroatoms. The van der Waals surface area contributed by atoms with Gasteiger partial charge in [-0.15, -0.1) is 0 Å². The third kappa shape index (κ3) is 5.21. The summed E-state index contributed by atoms with van der Waals surface area (Å²) in [7, 11) is 2.87. The van der Waals surface area contributed by atoms with Crippen LogP contribution in [-0.4, -0.2) is 32.0 Å². The molecule has 0 aliphatic carbocycles. The highest BCUT2D eigenvalue weighted by Crippen LogP contribution is 2.36. The lowest BCUT2D eigenvalue weighted by Crippen LogP contribution is -2.32. The average molecular weight is 424 g/mol. The number of anilines is 1. The van der Waals surface area contributed by atoms with Gasteiger partial charge in [-0.25, -0.2) is 0 Å². The second kappa shape index (κ2) is 9.52. The van der Waals surface area contributed by atoms with Crippen molar-refractivity contribution in [1.29, 1.82) is 0 Å². The van der Waals surface area contributed by atoms with Gasteiger partial charge in [-0.3, -0.25) is 9.59 Å². The zero-order chi connectivity index (χ0) is 20.8. The largest absolute Gasteiger partial charge is 0.495 e. The van der Waals surface area contributed by atoms with Crippen LogP contribution in [0.15, 0.2) is 40.6 Å². The van der Waals surface area contributed by atoms with Crippen LogP contribution in [0.3, 0.4) is 0 Å². The number of benzene rings is 2. The molecular formula is C19H19Cl2N3O4. The Balaban J connectivity index is 2.27. The third-order valence-electron chi connectivity index (χ3n) is 3.81.